The molecular weight excluding hydrogens is 220 g/mol. The molecule has 1 N–H and O–H groups in total. The molecule has 0 rings (SSSR count). The Morgan fingerprint density at radius 2 is 1.06 bits per heavy atom. The van der Waals surface area contributed by atoms with E-state index in [1.165, 1.54) is 77.0 Å². The van der Waals surface area contributed by atoms with Crippen molar-refractivity contribution >= 4 is 0 Å². The molecule has 0 aromatic heterocycles. The normalized spacial score (nSPS) is 10.1. The minimum Gasteiger partial charge on any atom is -0.384 e. The number of unbranched alkanes of at least 4 members (excludes halogenated alkanes) is 12. The second kappa shape index (κ2) is 16.5. The lowest BCUT2D eigenvalue weighted by Gasteiger charge is -2.01. The first-order valence-electron chi connectivity index (χ1n) is 7.98. The smallest absolute Gasteiger partial charge is 0.104 e. The molecule has 106 valence electrons. The van der Waals surface area contributed by atoms with Crippen molar-refractivity contribution in [2.45, 2.75) is 90.4 Å². The van der Waals surface area contributed by atoms with Crippen LogP contribution in [0.25, 0.3) is 0 Å². The minimum absolute atomic E-state index is 0.0122. The van der Waals surface area contributed by atoms with Gasteiger partial charge < -0.3 is 5.11 Å². The van der Waals surface area contributed by atoms with Gasteiger partial charge in [-0.2, -0.15) is 0 Å². The van der Waals surface area contributed by atoms with Gasteiger partial charge >= 0.3 is 0 Å². The first-order valence-corrected chi connectivity index (χ1v) is 7.98. The van der Waals surface area contributed by atoms with Crippen molar-refractivity contribution in [2.75, 3.05) is 6.61 Å². The van der Waals surface area contributed by atoms with Crippen molar-refractivity contribution in [2.24, 2.45) is 0 Å². The van der Waals surface area contributed by atoms with E-state index in [4.69, 9.17) is 5.11 Å². The number of aliphatic hydroxyl groups is 1. The first kappa shape index (κ1) is 17.5. The molecule has 0 aliphatic rings. The van der Waals surface area contributed by atoms with Crippen molar-refractivity contribution in [1.29, 1.82) is 0 Å². The average Bonchev–Trinajstić information content (AvgIpc) is 2.39. The van der Waals surface area contributed by atoms with Crippen LogP contribution in [0.15, 0.2) is 0 Å². The molecule has 0 aromatic rings. The maximum absolute atomic E-state index is 8.48. The van der Waals surface area contributed by atoms with E-state index in [2.05, 4.69) is 18.8 Å². The Hall–Kier alpha value is -0.480. The van der Waals surface area contributed by atoms with Crippen LogP contribution in [0.5, 0.6) is 0 Å². The van der Waals surface area contributed by atoms with Gasteiger partial charge in [-0.1, -0.05) is 83.5 Å². The molecule has 0 radical (unpaired) electrons. The molecule has 0 aliphatic carbocycles. The molecule has 0 unspecified atom stereocenters. The zero-order valence-corrected chi connectivity index (χ0v) is 12.3. The average molecular weight is 252 g/mol. The van der Waals surface area contributed by atoms with E-state index in [9.17, 15) is 0 Å². The lowest BCUT2D eigenvalue weighted by Crippen LogP contribution is -1.82. The summed E-state index contributed by atoms with van der Waals surface area (Å²) in [4.78, 5) is 0. The highest BCUT2D eigenvalue weighted by Crippen LogP contribution is 2.12. The molecule has 0 aromatic carbocycles. The van der Waals surface area contributed by atoms with E-state index in [1.807, 2.05) is 0 Å². The third-order valence-corrected chi connectivity index (χ3v) is 3.36. The third-order valence-electron chi connectivity index (χ3n) is 3.36. The molecular formula is C17H32O. The summed E-state index contributed by atoms with van der Waals surface area (Å²) in [5.41, 5.74) is 0. The first-order chi connectivity index (χ1) is 8.91. The largest absolute Gasteiger partial charge is 0.384 e. The maximum atomic E-state index is 8.48. The Kier molecular flexibility index (Phi) is 16.1. The monoisotopic (exact) mass is 252 g/mol. The molecule has 0 bridgehead atoms. The Bertz CT molecular complexity index is 199. The van der Waals surface area contributed by atoms with Crippen LogP contribution in [0.4, 0.5) is 0 Å². The summed E-state index contributed by atoms with van der Waals surface area (Å²) in [6.45, 7) is 2.29. The second-order valence-electron chi connectivity index (χ2n) is 5.15. The highest BCUT2D eigenvalue weighted by atomic mass is 16.2. The van der Waals surface area contributed by atoms with Crippen LogP contribution in [0.3, 0.4) is 0 Å². The summed E-state index contributed by atoms with van der Waals surface area (Å²) in [7, 11) is 0. The zero-order chi connectivity index (χ0) is 13.3. The molecule has 1 heteroatoms. The fraction of sp³-hybridized carbons (Fsp3) is 0.882. The Morgan fingerprint density at radius 3 is 1.50 bits per heavy atom. The van der Waals surface area contributed by atoms with E-state index < -0.39 is 0 Å². The van der Waals surface area contributed by atoms with Gasteiger partial charge in [0.2, 0.25) is 0 Å². The number of hydrogen-bond acceptors (Lipinski definition) is 1. The van der Waals surface area contributed by atoms with Crippen LogP contribution >= 0.6 is 0 Å². The number of hydrogen-bond donors (Lipinski definition) is 1. The van der Waals surface area contributed by atoms with Crippen LogP contribution in [0, 0.1) is 11.8 Å². The zero-order valence-electron chi connectivity index (χ0n) is 12.3. The molecule has 0 amide bonds. The minimum atomic E-state index is 0.0122. The van der Waals surface area contributed by atoms with E-state index in [0.29, 0.717) is 0 Å². The highest BCUT2D eigenvalue weighted by molar-refractivity contribution is 4.98. The van der Waals surface area contributed by atoms with Crippen molar-refractivity contribution in [1.82, 2.24) is 0 Å². The lowest BCUT2D eigenvalue weighted by atomic mass is 10.0. The predicted octanol–water partition coefficient (Wildman–Crippen LogP) is 5.07. The topological polar surface area (TPSA) is 20.2 Å². The van der Waals surface area contributed by atoms with Crippen molar-refractivity contribution in [3.63, 3.8) is 0 Å². The quantitative estimate of drug-likeness (QED) is 0.379. The SMILES string of the molecule is CCCCCCCCCCCCCCC#CCO. The fourth-order valence-electron chi connectivity index (χ4n) is 2.20. The highest BCUT2D eigenvalue weighted by Gasteiger charge is 1.92. The number of rotatable bonds is 12. The standard InChI is InChI=1S/C17H32O/c1-2-3-4-5-6-7-8-9-10-11-12-13-14-15-16-17-18/h18H,2-14,17H2,1H3. The van der Waals surface area contributed by atoms with Crippen molar-refractivity contribution in [3.8, 4) is 11.8 Å². The van der Waals surface area contributed by atoms with Gasteiger partial charge in [0.05, 0.1) is 0 Å². The third kappa shape index (κ3) is 15.5. The molecule has 0 saturated carbocycles. The van der Waals surface area contributed by atoms with Crippen LogP contribution in [0.2, 0.25) is 0 Å². The lowest BCUT2D eigenvalue weighted by molar-refractivity contribution is 0.350. The van der Waals surface area contributed by atoms with E-state index in [1.54, 1.807) is 0 Å². The van der Waals surface area contributed by atoms with Gasteiger partial charge in [0.15, 0.2) is 0 Å². The Morgan fingerprint density at radius 1 is 0.611 bits per heavy atom. The van der Waals surface area contributed by atoms with Crippen LogP contribution < -0.4 is 0 Å². The van der Waals surface area contributed by atoms with Crippen LogP contribution in [0.1, 0.15) is 90.4 Å². The molecule has 0 atom stereocenters. The molecule has 0 fully saturated rings. The Labute approximate surface area is 114 Å². The molecule has 18 heavy (non-hydrogen) atoms. The van der Waals surface area contributed by atoms with Gasteiger partial charge in [-0.05, 0) is 6.42 Å². The summed E-state index contributed by atoms with van der Waals surface area (Å²) in [6, 6.07) is 0. The van der Waals surface area contributed by atoms with Gasteiger partial charge in [-0.15, -0.1) is 5.92 Å². The molecule has 0 spiro atoms. The number of aliphatic hydroxyl groups excluding tert-OH is 1. The summed E-state index contributed by atoms with van der Waals surface area (Å²) >= 11 is 0. The van der Waals surface area contributed by atoms with Gasteiger partial charge in [0, 0.05) is 6.42 Å². The van der Waals surface area contributed by atoms with Crippen molar-refractivity contribution in [3.05, 3.63) is 0 Å². The molecule has 0 saturated heterocycles. The molecule has 1 nitrogen and oxygen atoms in total. The second-order valence-corrected chi connectivity index (χ2v) is 5.15. The van der Waals surface area contributed by atoms with Gasteiger partial charge in [-0.3, -0.25) is 0 Å². The van der Waals surface area contributed by atoms with Crippen LogP contribution in [-0.4, -0.2) is 11.7 Å². The molecule has 0 aliphatic heterocycles. The molecule has 0 heterocycles. The van der Waals surface area contributed by atoms with Gasteiger partial charge in [-0.25, -0.2) is 0 Å². The van der Waals surface area contributed by atoms with E-state index in [0.717, 1.165) is 6.42 Å². The predicted molar refractivity (Wildman–Crippen MR) is 80.6 cm³/mol. The fourth-order valence-corrected chi connectivity index (χ4v) is 2.20. The van der Waals surface area contributed by atoms with E-state index >= 15 is 0 Å². The van der Waals surface area contributed by atoms with E-state index in [-0.39, 0.29) is 6.61 Å². The van der Waals surface area contributed by atoms with Crippen LogP contribution in [-0.2, 0) is 0 Å². The Balaban J connectivity index is 2.94. The van der Waals surface area contributed by atoms with Gasteiger partial charge in [0.1, 0.15) is 6.61 Å². The summed E-state index contributed by atoms with van der Waals surface area (Å²) in [5, 5.41) is 8.48. The maximum Gasteiger partial charge on any atom is 0.104 e. The van der Waals surface area contributed by atoms with Crippen molar-refractivity contribution < 1.29 is 5.11 Å². The van der Waals surface area contributed by atoms with Gasteiger partial charge in [0.25, 0.3) is 0 Å². The summed E-state index contributed by atoms with van der Waals surface area (Å²) < 4.78 is 0. The summed E-state index contributed by atoms with van der Waals surface area (Å²) in [5.74, 6) is 5.66. The summed E-state index contributed by atoms with van der Waals surface area (Å²) in [6.07, 6.45) is 17.6.